The number of nitrogens with one attached hydrogen (secondary N) is 1. The van der Waals surface area contributed by atoms with Gasteiger partial charge in [-0.3, -0.25) is 9.89 Å². The third-order valence-corrected chi connectivity index (χ3v) is 4.66. The molecule has 2 aliphatic rings. The third kappa shape index (κ3) is 2.56. The Balaban J connectivity index is 1.50. The molecule has 4 rings (SSSR count). The van der Waals surface area contributed by atoms with E-state index in [2.05, 4.69) is 23.2 Å². The van der Waals surface area contributed by atoms with E-state index in [9.17, 15) is 4.79 Å². The Hall–Kier alpha value is -2.04. The van der Waals surface area contributed by atoms with Crippen molar-refractivity contribution in [3.8, 4) is 0 Å². The fourth-order valence-corrected chi connectivity index (χ4v) is 2.99. The van der Waals surface area contributed by atoms with Gasteiger partial charge in [0.25, 0.3) is 5.91 Å². The number of aryl methyl sites for hydroxylation is 1. The summed E-state index contributed by atoms with van der Waals surface area (Å²) in [6.07, 6.45) is 3.36. The van der Waals surface area contributed by atoms with Gasteiger partial charge in [0.2, 0.25) is 0 Å². The van der Waals surface area contributed by atoms with Gasteiger partial charge in [0, 0.05) is 17.7 Å². The zero-order valence-electron chi connectivity index (χ0n) is 13.0. The molecule has 5 nitrogen and oxygen atoms in total. The average molecular weight is 299 g/mol. The van der Waals surface area contributed by atoms with Crippen LogP contribution in [0, 0.1) is 12.8 Å². The number of hydrogen-bond acceptors (Lipinski definition) is 3. The Kier molecular flexibility index (Phi) is 3.10. The van der Waals surface area contributed by atoms with E-state index in [1.807, 2.05) is 17.9 Å². The first-order valence-electron chi connectivity index (χ1n) is 8.03. The van der Waals surface area contributed by atoms with E-state index in [1.54, 1.807) is 6.07 Å². The highest BCUT2D eigenvalue weighted by molar-refractivity contribution is 5.92. The summed E-state index contributed by atoms with van der Waals surface area (Å²) in [7, 11) is 0. The second kappa shape index (κ2) is 5.00. The number of nitrogens with zero attached hydrogens (tertiary/aromatic N) is 2. The third-order valence-electron chi connectivity index (χ3n) is 4.66. The Bertz CT molecular complexity index is 698. The van der Waals surface area contributed by atoms with E-state index in [4.69, 9.17) is 4.42 Å². The molecule has 1 N–H and O–H groups in total. The van der Waals surface area contributed by atoms with Crippen molar-refractivity contribution in [1.29, 1.82) is 0 Å². The van der Waals surface area contributed by atoms with Gasteiger partial charge in [-0.2, -0.15) is 5.10 Å². The Morgan fingerprint density at radius 2 is 2.23 bits per heavy atom. The Morgan fingerprint density at radius 1 is 1.45 bits per heavy atom. The van der Waals surface area contributed by atoms with Gasteiger partial charge in [0.15, 0.2) is 0 Å². The minimum absolute atomic E-state index is 0.00964. The highest BCUT2D eigenvalue weighted by atomic mass is 16.3. The summed E-state index contributed by atoms with van der Waals surface area (Å²) in [6.45, 7) is 4.68. The van der Waals surface area contributed by atoms with Crippen molar-refractivity contribution in [2.75, 3.05) is 0 Å². The van der Waals surface area contributed by atoms with Crippen molar-refractivity contribution in [2.24, 2.45) is 5.92 Å². The molecule has 0 radical (unpaired) electrons. The lowest BCUT2D eigenvalue weighted by molar-refractivity contribution is 0.0710. The standard InChI is InChI=1S/C17H21N3O2/c1-10-7-14(10)16-6-5-13(22-16)9-20(12-3-4-12)17(21)15-8-11(2)18-19-15/h5-6,8,10,12,14H,3-4,7,9H2,1-2H3,(H,18,19)/t10-,14+/m0/s1. The first-order valence-corrected chi connectivity index (χ1v) is 8.03. The lowest BCUT2D eigenvalue weighted by atomic mass is 10.2. The number of carbonyl (C=O) groups is 1. The van der Waals surface area contributed by atoms with Crippen molar-refractivity contribution < 1.29 is 9.21 Å². The molecule has 2 aromatic rings. The summed E-state index contributed by atoms with van der Waals surface area (Å²) >= 11 is 0. The van der Waals surface area contributed by atoms with Gasteiger partial charge in [0.1, 0.15) is 17.2 Å². The predicted octanol–water partition coefficient (Wildman–Crippen LogP) is 3.24. The van der Waals surface area contributed by atoms with Crippen LogP contribution in [0.5, 0.6) is 0 Å². The van der Waals surface area contributed by atoms with Crippen LogP contribution >= 0.6 is 0 Å². The number of rotatable bonds is 5. The topological polar surface area (TPSA) is 62.1 Å². The van der Waals surface area contributed by atoms with Crippen molar-refractivity contribution in [3.63, 3.8) is 0 Å². The Morgan fingerprint density at radius 3 is 2.82 bits per heavy atom. The van der Waals surface area contributed by atoms with Crippen LogP contribution in [-0.4, -0.2) is 27.0 Å². The molecule has 2 aromatic heterocycles. The van der Waals surface area contributed by atoms with Crippen molar-refractivity contribution >= 4 is 5.91 Å². The molecule has 116 valence electrons. The molecule has 2 aliphatic carbocycles. The fraction of sp³-hybridized carbons (Fsp3) is 0.529. The summed E-state index contributed by atoms with van der Waals surface area (Å²) < 4.78 is 5.96. The fourth-order valence-electron chi connectivity index (χ4n) is 2.99. The van der Waals surface area contributed by atoms with Crippen molar-refractivity contribution in [3.05, 3.63) is 41.1 Å². The minimum Gasteiger partial charge on any atom is -0.464 e. The van der Waals surface area contributed by atoms with Crippen LogP contribution in [0.2, 0.25) is 0 Å². The van der Waals surface area contributed by atoms with E-state index < -0.39 is 0 Å². The summed E-state index contributed by atoms with van der Waals surface area (Å²) in [6, 6.07) is 6.21. The number of hydrogen-bond donors (Lipinski definition) is 1. The maximum atomic E-state index is 12.7. The largest absolute Gasteiger partial charge is 0.464 e. The monoisotopic (exact) mass is 299 g/mol. The van der Waals surface area contributed by atoms with Crippen LogP contribution in [0.4, 0.5) is 0 Å². The zero-order chi connectivity index (χ0) is 15.3. The summed E-state index contributed by atoms with van der Waals surface area (Å²) in [5.41, 5.74) is 1.40. The Labute approximate surface area is 129 Å². The molecule has 2 fully saturated rings. The predicted molar refractivity (Wildman–Crippen MR) is 81.5 cm³/mol. The second-order valence-electron chi connectivity index (χ2n) is 6.72. The molecule has 5 heteroatoms. The van der Waals surface area contributed by atoms with Gasteiger partial charge in [-0.1, -0.05) is 6.92 Å². The van der Waals surface area contributed by atoms with E-state index in [0.717, 1.165) is 36.0 Å². The molecule has 0 spiro atoms. The van der Waals surface area contributed by atoms with E-state index >= 15 is 0 Å². The van der Waals surface area contributed by atoms with Crippen LogP contribution in [-0.2, 0) is 6.54 Å². The highest BCUT2D eigenvalue weighted by Gasteiger charge is 2.38. The number of carbonyl (C=O) groups excluding carboxylic acids is 1. The lowest BCUT2D eigenvalue weighted by Gasteiger charge is -2.20. The second-order valence-corrected chi connectivity index (χ2v) is 6.72. The van der Waals surface area contributed by atoms with Crippen molar-refractivity contribution in [2.45, 2.75) is 51.6 Å². The van der Waals surface area contributed by atoms with Crippen LogP contribution in [0.3, 0.4) is 0 Å². The number of furan rings is 1. The molecule has 0 saturated heterocycles. The number of aromatic nitrogens is 2. The SMILES string of the molecule is Cc1cc(C(=O)N(Cc2ccc([C@@H]3C[C@@H]3C)o2)C2CC2)n[nH]1. The number of H-pyrrole nitrogens is 1. The quantitative estimate of drug-likeness (QED) is 0.922. The lowest BCUT2D eigenvalue weighted by Crippen LogP contribution is -2.32. The maximum Gasteiger partial charge on any atom is 0.275 e. The highest BCUT2D eigenvalue weighted by Crippen LogP contribution is 2.47. The van der Waals surface area contributed by atoms with E-state index in [-0.39, 0.29) is 5.91 Å². The zero-order valence-corrected chi connectivity index (χ0v) is 13.0. The smallest absolute Gasteiger partial charge is 0.275 e. The molecule has 2 heterocycles. The molecule has 0 unspecified atom stereocenters. The van der Waals surface area contributed by atoms with E-state index in [0.29, 0.717) is 24.2 Å². The van der Waals surface area contributed by atoms with E-state index in [1.165, 1.54) is 6.42 Å². The first-order chi connectivity index (χ1) is 10.6. The van der Waals surface area contributed by atoms with Gasteiger partial charge in [-0.05, 0) is 50.3 Å². The van der Waals surface area contributed by atoms with Gasteiger partial charge >= 0.3 is 0 Å². The summed E-state index contributed by atoms with van der Waals surface area (Å²) in [5, 5.41) is 6.93. The molecule has 0 bridgehead atoms. The van der Waals surface area contributed by atoms with Crippen LogP contribution < -0.4 is 0 Å². The van der Waals surface area contributed by atoms with Gasteiger partial charge in [-0.25, -0.2) is 0 Å². The van der Waals surface area contributed by atoms with Crippen molar-refractivity contribution in [1.82, 2.24) is 15.1 Å². The molecular formula is C17H21N3O2. The first kappa shape index (κ1) is 13.6. The minimum atomic E-state index is -0.00964. The molecule has 0 aliphatic heterocycles. The van der Waals surface area contributed by atoms with Gasteiger partial charge in [0.05, 0.1) is 6.54 Å². The summed E-state index contributed by atoms with van der Waals surface area (Å²) in [5.74, 6) is 3.24. The van der Waals surface area contributed by atoms with Gasteiger partial charge in [-0.15, -0.1) is 0 Å². The summed E-state index contributed by atoms with van der Waals surface area (Å²) in [4.78, 5) is 14.5. The maximum absolute atomic E-state index is 12.7. The molecule has 22 heavy (non-hydrogen) atoms. The average Bonchev–Trinajstić information content (AvgIpc) is 3.37. The van der Waals surface area contributed by atoms with Crippen LogP contribution in [0.15, 0.2) is 22.6 Å². The normalized spacial score (nSPS) is 23.5. The molecule has 1 amide bonds. The number of aromatic amines is 1. The molecule has 2 atom stereocenters. The number of amides is 1. The van der Waals surface area contributed by atoms with Gasteiger partial charge < -0.3 is 9.32 Å². The van der Waals surface area contributed by atoms with Crippen LogP contribution in [0.25, 0.3) is 0 Å². The molecule has 0 aromatic carbocycles. The van der Waals surface area contributed by atoms with Crippen LogP contribution in [0.1, 0.15) is 59.8 Å². The molecule has 2 saturated carbocycles. The molecular weight excluding hydrogens is 278 g/mol.